The van der Waals surface area contributed by atoms with Gasteiger partial charge in [0.1, 0.15) is 5.82 Å². The van der Waals surface area contributed by atoms with Gasteiger partial charge in [-0.05, 0) is 43.7 Å². The Morgan fingerprint density at radius 3 is 2.50 bits per heavy atom. The molecular formula is C17H17F3N4O3S. The normalized spacial score (nSPS) is 11.1. The zero-order valence-electron chi connectivity index (χ0n) is 14.9. The van der Waals surface area contributed by atoms with E-state index < -0.39 is 28.2 Å². The molecule has 1 aromatic carbocycles. The first-order valence-electron chi connectivity index (χ1n) is 8.00. The van der Waals surface area contributed by atoms with Gasteiger partial charge in [0.25, 0.3) is 5.89 Å². The van der Waals surface area contributed by atoms with Crippen LogP contribution in [0.1, 0.15) is 24.8 Å². The first kappa shape index (κ1) is 21.4. The van der Waals surface area contributed by atoms with Crippen molar-refractivity contribution in [1.29, 1.82) is 0 Å². The molecule has 28 heavy (non-hydrogen) atoms. The van der Waals surface area contributed by atoms with Gasteiger partial charge in [-0.1, -0.05) is 6.07 Å². The van der Waals surface area contributed by atoms with Gasteiger partial charge >= 0.3 is 6.43 Å². The highest BCUT2D eigenvalue weighted by molar-refractivity contribution is 7.92. The minimum Gasteiger partial charge on any atom is -0.415 e. The van der Waals surface area contributed by atoms with E-state index in [0.29, 0.717) is 11.1 Å². The molecule has 3 rings (SSSR count). The van der Waals surface area contributed by atoms with Crippen molar-refractivity contribution in [3.05, 3.63) is 60.0 Å². The average molecular weight is 414 g/mol. The first-order chi connectivity index (χ1) is 13.2. The maximum Gasteiger partial charge on any atom is 0.314 e. The summed E-state index contributed by atoms with van der Waals surface area (Å²) in [5.74, 6) is -1.07. The van der Waals surface area contributed by atoms with E-state index in [-0.39, 0.29) is 17.3 Å². The van der Waals surface area contributed by atoms with Crippen molar-refractivity contribution in [3.63, 3.8) is 0 Å². The molecule has 150 valence electrons. The molecule has 0 amide bonds. The number of hydrogen-bond donors (Lipinski definition) is 1. The number of alkyl halides is 2. The van der Waals surface area contributed by atoms with Crippen LogP contribution in [0.5, 0.6) is 0 Å². The Balaban J connectivity index is 0.000000200. The van der Waals surface area contributed by atoms with Crippen LogP contribution in [-0.4, -0.2) is 29.4 Å². The average Bonchev–Trinajstić information content (AvgIpc) is 3.16. The molecule has 2 heterocycles. The molecule has 0 saturated carbocycles. The van der Waals surface area contributed by atoms with Gasteiger partial charge in [-0.2, -0.15) is 8.78 Å². The Morgan fingerprint density at radius 2 is 1.96 bits per heavy atom. The third-order valence-corrected chi connectivity index (χ3v) is 4.67. The summed E-state index contributed by atoms with van der Waals surface area (Å²) in [6.45, 7) is 3.14. The Morgan fingerprint density at radius 1 is 1.21 bits per heavy atom. The molecule has 0 radical (unpaired) electrons. The van der Waals surface area contributed by atoms with Crippen LogP contribution in [0.3, 0.4) is 0 Å². The largest absolute Gasteiger partial charge is 0.415 e. The van der Waals surface area contributed by atoms with Crippen molar-refractivity contribution < 1.29 is 26.0 Å². The topological polar surface area (TPSA) is 98.0 Å². The molecule has 0 atom stereocenters. The molecule has 0 aliphatic heterocycles. The first-order valence-corrected chi connectivity index (χ1v) is 9.65. The second-order valence-electron chi connectivity index (χ2n) is 5.46. The van der Waals surface area contributed by atoms with Crippen LogP contribution in [0.25, 0.3) is 11.5 Å². The molecule has 11 heteroatoms. The van der Waals surface area contributed by atoms with E-state index in [1.54, 1.807) is 25.3 Å². The number of halogens is 3. The molecule has 0 saturated heterocycles. The number of rotatable bonds is 5. The molecule has 7 nitrogen and oxygen atoms in total. The third kappa shape index (κ3) is 6.05. The minimum absolute atomic E-state index is 0.0253. The summed E-state index contributed by atoms with van der Waals surface area (Å²) in [7, 11) is -3.32. The fraction of sp³-hybridized carbons (Fsp3) is 0.235. The highest BCUT2D eigenvalue weighted by Gasteiger charge is 2.16. The highest BCUT2D eigenvalue weighted by Crippen LogP contribution is 2.22. The number of hydrogen-bond acceptors (Lipinski definition) is 6. The number of aromatic nitrogens is 3. The predicted octanol–water partition coefficient (Wildman–Crippen LogP) is 3.96. The van der Waals surface area contributed by atoms with Gasteiger partial charge in [-0.3, -0.25) is 9.71 Å². The fourth-order valence-corrected chi connectivity index (χ4v) is 2.47. The van der Waals surface area contributed by atoms with E-state index in [2.05, 4.69) is 19.9 Å². The number of pyridine rings is 1. The maximum absolute atomic E-state index is 13.0. The van der Waals surface area contributed by atoms with E-state index >= 15 is 0 Å². The molecule has 0 unspecified atom stereocenters. The molecule has 2 aromatic heterocycles. The summed E-state index contributed by atoms with van der Waals surface area (Å²) in [4.78, 5) is 3.80. The van der Waals surface area contributed by atoms with Gasteiger partial charge in [0.2, 0.25) is 15.9 Å². The van der Waals surface area contributed by atoms with Gasteiger partial charge in [0.15, 0.2) is 0 Å². The Kier molecular flexibility index (Phi) is 7.10. The summed E-state index contributed by atoms with van der Waals surface area (Å²) in [5, 5.41) is 6.67. The van der Waals surface area contributed by atoms with E-state index in [0.717, 1.165) is 0 Å². The Hall–Kier alpha value is -2.95. The summed E-state index contributed by atoms with van der Waals surface area (Å²) in [5.41, 5.74) is 1.27. The lowest BCUT2D eigenvalue weighted by Gasteiger charge is -2.06. The molecule has 0 aliphatic rings. The number of aryl methyl sites for hydroxylation is 1. The highest BCUT2D eigenvalue weighted by atomic mass is 32.2. The number of nitrogens with one attached hydrogen (secondary N) is 1. The fourth-order valence-electron chi connectivity index (χ4n) is 1.84. The standard InChI is InChI=1S/C9H12FNO2S.C8H5F2N3O/c1-3-14(12,13)11-8-5-4-7(2)9(10)6-8;9-6(10)8-13-12-7(14-8)5-2-1-3-11-4-5/h4-6,11H,3H2,1-2H3;1-4,6H. The number of sulfonamides is 1. The van der Waals surface area contributed by atoms with Crippen LogP contribution in [0.2, 0.25) is 0 Å². The van der Waals surface area contributed by atoms with Gasteiger partial charge < -0.3 is 4.42 Å². The van der Waals surface area contributed by atoms with E-state index in [9.17, 15) is 21.6 Å². The minimum atomic E-state index is -3.32. The van der Waals surface area contributed by atoms with Crippen molar-refractivity contribution in [2.75, 3.05) is 10.5 Å². The monoisotopic (exact) mass is 414 g/mol. The third-order valence-electron chi connectivity index (χ3n) is 3.36. The Bertz CT molecular complexity index is 1010. The lowest BCUT2D eigenvalue weighted by atomic mass is 10.2. The van der Waals surface area contributed by atoms with Crippen LogP contribution >= 0.6 is 0 Å². The van der Waals surface area contributed by atoms with Crippen LogP contribution in [0.15, 0.2) is 47.1 Å². The van der Waals surface area contributed by atoms with Crippen molar-refractivity contribution in [3.8, 4) is 11.5 Å². The number of anilines is 1. The summed E-state index contributed by atoms with van der Waals surface area (Å²) >= 11 is 0. The van der Waals surface area contributed by atoms with Crippen molar-refractivity contribution in [2.45, 2.75) is 20.3 Å². The number of benzene rings is 1. The lowest BCUT2D eigenvalue weighted by molar-refractivity contribution is 0.116. The smallest absolute Gasteiger partial charge is 0.314 e. The summed E-state index contributed by atoms with van der Waals surface area (Å²) in [6.07, 6.45) is 0.282. The SMILES string of the molecule is CCS(=O)(=O)Nc1ccc(C)c(F)c1.FC(F)c1nnc(-c2cccnc2)o1. The molecule has 0 fully saturated rings. The van der Waals surface area contributed by atoms with Crippen molar-refractivity contribution in [1.82, 2.24) is 15.2 Å². The molecule has 1 N–H and O–H groups in total. The van der Waals surface area contributed by atoms with Gasteiger partial charge in [-0.15, -0.1) is 10.2 Å². The summed E-state index contributed by atoms with van der Waals surface area (Å²) < 4.78 is 66.4. The zero-order valence-corrected chi connectivity index (χ0v) is 15.8. The quantitative estimate of drug-likeness (QED) is 0.679. The molecular weight excluding hydrogens is 397 g/mol. The van der Waals surface area contributed by atoms with E-state index in [4.69, 9.17) is 4.42 Å². The van der Waals surface area contributed by atoms with Gasteiger partial charge in [0.05, 0.1) is 17.0 Å². The van der Waals surface area contributed by atoms with Gasteiger partial charge in [0, 0.05) is 12.4 Å². The predicted molar refractivity (Wildman–Crippen MR) is 96.7 cm³/mol. The second kappa shape index (κ2) is 9.31. The van der Waals surface area contributed by atoms with E-state index in [1.165, 1.54) is 31.3 Å². The molecule has 0 aliphatic carbocycles. The van der Waals surface area contributed by atoms with Crippen LogP contribution in [-0.2, 0) is 10.0 Å². The van der Waals surface area contributed by atoms with Crippen molar-refractivity contribution >= 4 is 15.7 Å². The van der Waals surface area contributed by atoms with Gasteiger partial charge in [-0.25, -0.2) is 12.8 Å². The van der Waals surface area contributed by atoms with E-state index in [1.807, 2.05) is 0 Å². The molecule has 0 bridgehead atoms. The second-order valence-corrected chi connectivity index (χ2v) is 7.47. The van der Waals surface area contributed by atoms with Crippen LogP contribution in [0, 0.1) is 12.7 Å². The summed E-state index contributed by atoms with van der Waals surface area (Å²) in [6, 6.07) is 7.54. The van der Waals surface area contributed by atoms with Crippen molar-refractivity contribution in [2.24, 2.45) is 0 Å². The Labute approximate surface area is 159 Å². The van der Waals surface area contributed by atoms with Crippen LogP contribution in [0.4, 0.5) is 18.9 Å². The lowest BCUT2D eigenvalue weighted by Crippen LogP contribution is -2.14. The molecule has 0 spiro atoms. The number of nitrogens with zero attached hydrogens (tertiary/aromatic N) is 3. The molecule has 3 aromatic rings. The maximum atomic E-state index is 13.0. The zero-order chi connectivity index (χ0) is 20.7. The van der Waals surface area contributed by atoms with Crippen LogP contribution < -0.4 is 4.72 Å².